The SMILES string of the molecule is CCN[CH](OC)[Sn]([Cl])([Cl])[Cl]. The van der Waals surface area contributed by atoms with Crippen LogP contribution in [0.2, 0.25) is 0 Å². The summed E-state index contributed by atoms with van der Waals surface area (Å²) in [6, 6.07) is 0. The molecule has 0 aromatic carbocycles. The van der Waals surface area contributed by atoms with Crippen LogP contribution in [0.4, 0.5) is 0 Å². The van der Waals surface area contributed by atoms with Gasteiger partial charge in [-0.1, -0.05) is 0 Å². The van der Waals surface area contributed by atoms with Crippen LogP contribution in [-0.4, -0.2) is 32.9 Å². The molecule has 0 spiro atoms. The van der Waals surface area contributed by atoms with Gasteiger partial charge in [0.15, 0.2) is 0 Å². The molecule has 2 nitrogen and oxygen atoms in total. The van der Waals surface area contributed by atoms with Crippen molar-refractivity contribution in [2.75, 3.05) is 13.7 Å². The number of hydrogen-bond acceptors (Lipinski definition) is 2. The Balaban J connectivity index is 3.81. The molecule has 0 fully saturated rings. The molecule has 0 aliphatic heterocycles. The van der Waals surface area contributed by atoms with Gasteiger partial charge in [0.05, 0.1) is 0 Å². The quantitative estimate of drug-likeness (QED) is 0.631. The second kappa shape index (κ2) is 5.27. The van der Waals surface area contributed by atoms with Crippen LogP contribution in [0, 0.1) is 0 Å². The van der Waals surface area contributed by atoms with Crippen LogP contribution in [0.15, 0.2) is 0 Å². The molecule has 0 rings (SSSR count). The monoisotopic (exact) mass is 313 g/mol. The van der Waals surface area contributed by atoms with E-state index in [0.29, 0.717) is 0 Å². The van der Waals surface area contributed by atoms with Crippen LogP contribution in [0.3, 0.4) is 0 Å². The molecule has 62 valence electrons. The molecule has 0 aliphatic rings. The summed E-state index contributed by atoms with van der Waals surface area (Å²) >= 11 is -3.40. The fourth-order valence-electron chi connectivity index (χ4n) is 0.518. The summed E-state index contributed by atoms with van der Waals surface area (Å²) in [7, 11) is 18.7. The Morgan fingerprint density at radius 1 is 1.50 bits per heavy atom. The summed E-state index contributed by atoms with van der Waals surface area (Å²) in [4.78, 5) is 0. The third-order valence-corrected chi connectivity index (χ3v) is 7.86. The van der Waals surface area contributed by atoms with E-state index < -0.39 is 15.0 Å². The zero-order valence-electron chi connectivity index (χ0n) is 5.83. The molecule has 1 N–H and O–H groups in total. The number of hydrogen-bond donors (Lipinski definition) is 1. The molecule has 1 unspecified atom stereocenters. The van der Waals surface area contributed by atoms with E-state index in [4.69, 9.17) is 31.5 Å². The van der Waals surface area contributed by atoms with Gasteiger partial charge in [-0.05, 0) is 0 Å². The van der Waals surface area contributed by atoms with Crippen molar-refractivity contribution in [3.05, 3.63) is 0 Å². The molecule has 0 saturated heterocycles. The van der Waals surface area contributed by atoms with Gasteiger partial charge >= 0.3 is 76.6 Å². The minimum atomic E-state index is -3.40. The maximum atomic E-state index is 5.73. The Hall–Kier alpha value is 1.59. The van der Waals surface area contributed by atoms with Gasteiger partial charge in [-0.15, -0.1) is 0 Å². The summed E-state index contributed by atoms with van der Waals surface area (Å²) in [5, 5.41) is 2.95. The van der Waals surface area contributed by atoms with Crippen LogP contribution in [0.1, 0.15) is 6.92 Å². The number of ether oxygens (including phenoxy) is 1. The third-order valence-electron chi connectivity index (χ3n) is 0.923. The maximum absolute atomic E-state index is 5.73. The zero-order chi connectivity index (χ0) is 8.20. The summed E-state index contributed by atoms with van der Waals surface area (Å²) in [6.07, 6.45) is 0. The molecular weight excluding hydrogens is 303 g/mol. The van der Waals surface area contributed by atoms with Gasteiger partial charge in [0.2, 0.25) is 0 Å². The van der Waals surface area contributed by atoms with E-state index in [-0.39, 0.29) is 4.24 Å². The standard InChI is InChI=1S/C4H10NO.3ClH.Sn/c1-3-5-4-6-2;;;;/h4-5H,3H2,1-2H3;3*1H;/q;;;;+3/p-3. The number of halogens is 3. The second-order valence-corrected chi connectivity index (χ2v) is 22.2. The molecule has 10 heavy (non-hydrogen) atoms. The Bertz CT molecular complexity index is 97.0. The van der Waals surface area contributed by atoms with E-state index in [1.807, 2.05) is 6.92 Å². The molecule has 0 radical (unpaired) electrons. The Labute approximate surface area is 76.2 Å². The normalized spacial score (nSPS) is 15.3. The third kappa shape index (κ3) is 4.46. The van der Waals surface area contributed by atoms with E-state index in [2.05, 4.69) is 5.32 Å². The van der Waals surface area contributed by atoms with E-state index in [9.17, 15) is 0 Å². The van der Waals surface area contributed by atoms with Crippen molar-refractivity contribution in [3.8, 4) is 0 Å². The minimum absolute atomic E-state index is 0.329. The summed E-state index contributed by atoms with van der Waals surface area (Å²) in [6.45, 7) is 2.69. The predicted octanol–water partition coefficient (Wildman–Crippen LogP) is 1.76. The summed E-state index contributed by atoms with van der Waals surface area (Å²) < 4.78 is 4.61. The van der Waals surface area contributed by atoms with Crippen molar-refractivity contribution in [1.29, 1.82) is 0 Å². The van der Waals surface area contributed by atoms with E-state index in [1.54, 1.807) is 0 Å². The van der Waals surface area contributed by atoms with Crippen LogP contribution in [0.5, 0.6) is 0 Å². The average molecular weight is 313 g/mol. The Morgan fingerprint density at radius 2 is 2.00 bits per heavy atom. The molecule has 0 aliphatic carbocycles. The Morgan fingerprint density at radius 3 is 2.10 bits per heavy atom. The van der Waals surface area contributed by atoms with E-state index in [1.165, 1.54) is 7.11 Å². The zero-order valence-corrected chi connectivity index (χ0v) is 10.9. The molecule has 0 aromatic heterocycles. The molecular formula is C4H10Cl3NOSn. The van der Waals surface area contributed by atoms with Crippen molar-refractivity contribution in [2.45, 2.75) is 11.2 Å². The van der Waals surface area contributed by atoms with Crippen molar-refractivity contribution in [2.24, 2.45) is 0 Å². The van der Waals surface area contributed by atoms with Gasteiger partial charge in [0, 0.05) is 0 Å². The molecule has 0 heterocycles. The molecule has 1 atom stereocenters. The van der Waals surface area contributed by atoms with E-state index >= 15 is 0 Å². The molecule has 0 amide bonds. The first kappa shape index (κ1) is 11.6. The first-order valence-electron chi connectivity index (χ1n) is 2.85. The van der Waals surface area contributed by atoms with Gasteiger partial charge in [-0.2, -0.15) is 0 Å². The van der Waals surface area contributed by atoms with Gasteiger partial charge in [0.25, 0.3) is 0 Å². The van der Waals surface area contributed by atoms with Gasteiger partial charge in [-0.25, -0.2) is 0 Å². The summed E-state index contributed by atoms with van der Waals surface area (Å²) in [5.74, 6) is 0. The number of rotatable bonds is 4. The fourth-order valence-corrected chi connectivity index (χ4v) is 5.87. The average Bonchev–Trinajstić information content (AvgIpc) is 1.80. The molecule has 0 aromatic rings. The van der Waals surface area contributed by atoms with Gasteiger partial charge in [0.1, 0.15) is 0 Å². The van der Waals surface area contributed by atoms with E-state index in [0.717, 1.165) is 6.54 Å². The molecule has 6 heteroatoms. The van der Waals surface area contributed by atoms with Crippen LogP contribution in [0.25, 0.3) is 0 Å². The van der Waals surface area contributed by atoms with Crippen LogP contribution >= 0.6 is 26.8 Å². The van der Waals surface area contributed by atoms with Crippen LogP contribution < -0.4 is 5.32 Å². The first-order chi connectivity index (χ1) is 4.52. The van der Waals surface area contributed by atoms with Crippen molar-refractivity contribution < 1.29 is 4.74 Å². The van der Waals surface area contributed by atoms with Crippen molar-refractivity contribution in [3.63, 3.8) is 0 Å². The summed E-state index contributed by atoms with van der Waals surface area (Å²) in [5.41, 5.74) is 0. The topological polar surface area (TPSA) is 21.3 Å². The van der Waals surface area contributed by atoms with Gasteiger partial charge < -0.3 is 0 Å². The first-order valence-corrected chi connectivity index (χ1v) is 15.3. The second-order valence-electron chi connectivity index (χ2n) is 1.72. The van der Waals surface area contributed by atoms with Crippen LogP contribution in [-0.2, 0) is 4.74 Å². The predicted molar refractivity (Wildman–Crippen MR) is 47.8 cm³/mol. The molecule has 0 bridgehead atoms. The number of methoxy groups -OCH3 is 1. The van der Waals surface area contributed by atoms with Crippen molar-refractivity contribution in [1.82, 2.24) is 5.32 Å². The Kier molecular flexibility index (Phi) is 6.11. The molecule has 0 saturated carbocycles. The van der Waals surface area contributed by atoms with Gasteiger partial charge in [-0.3, -0.25) is 0 Å². The fraction of sp³-hybridized carbons (Fsp3) is 1.00. The van der Waals surface area contributed by atoms with Crippen molar-refractivity contribution >= 4 is 41.8 Å². The number of nitrogens with one attached hydrogen (secondary N) is 1.